The molecule has 1 aromatic heterocycles. The molecule has 6 N–H and O–H groups in total. The van der Waals surface area contributed by atoms with Crippen LogP contribution in [-0.2, 0) is 0 Å². The number of nitrogens with zero attached hydrogens (tertiary/aromatic N) is 1. The predicted octanol–water partition coefficient (Wildman–Crippen LogP) is 1.14. The Hall–Kier alpha value is -2.86. The molecule has 2 rings (SSSR count). The van der Waals surface area contributed by atoms with Gasteiger partial charge < -0.3 is 10.8 Å². The van der Waals surface area contributed by atoms with Gasteiger partial charge in [0, 0.05) is 12.1 Å². The molecule has 0 amide bonds. The number of hydrogen-bond donors (Lipinski definition) is 3. The summed E-state index contributed by atoms with van der Waals surface area (Å²) in [5.74, 6) is 4.97. The largest absolute Gasteiger partial charge is 0.478 e. The molecule has 0 fully saturated rings. The van der Waals surface area contributed by atoms with Crippen LogP contribution in [0.3, 0.4) is 0 Å². The fraction of sp³-hybridized carbons (Fsp3) is 0.0667. The van der Waals surface area contributed by atoms with Crippen LogP contribution in [-0.4, -0.2) is 11.1 Å². The van der Waals surface area contributed by atoms with Crippen molar-refractivity contribution in [2.24, 2.45) is 11.6 Å². The van der Waals surface area contributed by atoms with Crippen LogP contribution >= 0.6 is 0 Å². The summed E-state index contributed by atoms with van der Waals surface area (Å²) < 4.78 is 0. The Bertz CT molecular complexity index is 683. The van der Waals surface area contributed by atoms with Crippen LogP contribution in [0.25, 0.3) is 5.70 Å². The SMILES string of the molecule is Cc1ccc(C(=O)O)cc1N(N)C=C(N)c1cccc[nH+]1. The molecule has 2 aromatic rings. The van der Waals surface area contributed by atoms with E-state index < -0.39 is 5.97 Å². The number of aromatic carboxylic acids is 1. The predicted molar refractivity (Wildman–Crippen MR) is 80.0 cm³/mol. The number of aromatic nitrogens is 1. The lowest BCUT2D eigenvalue weighted by atomic mass is 10.1. The number of anilines is 1. The molecular weight excluding hydrogens is 268 g/mol. The van der Waals surface area contributed by atoms with E-state index in [0.717, 1.165) is 11.3 Å². The summed E-state index contributed by atoms with van der Waals surface area (Å²) in [4.78, 5) is 14.0. The van der Waals surface area contributed by atoms with Crippen molar-refractivity contribution in [1.82, 2.24) is 0 Å². The maximum atomic E-state index is 11.0. The average Bonchev–Trinajstić information content (AvgIpc) is 2.48. The molecule has 1 aromatic carbocycles. The number of aryl methyl sites for hydroxylation is 1. The van der Waals surface area contributed by atoms with E-state index in [2.05, 4.69) is 4.98 Å². The number of nitrogens with two attached hydrogens (primary N) is 2. The smallest absolute Gasteiger partial charge is 0.335 e. The number of aromatic amines is 1. The summed E-state index contributed by atoms with van der Waals surface area (Å²) in [7, 11) is 0. The number of rotatable bonds is 4. The fourth-order valence-corrected chi connectivity index (χ4v) is 1.88. The molecular formula is C15H17N4O2+. The van der Waals surface area contributed by atoms with Crippen molar-refractivity contribution < 1.29 is 14.9 Å². The van der Waals surface area contributed by atoms with E-state index in [1.165, 1.54) is 17.1 Å². The van der Waals surface area contributed by atoms with Gasteiger partial charge in [0.15, 0.2) is 6.20 Å². The first-order chi connectivity index (χ1) is 9.99. The zero-order chi connectivity index (χ0) is 15.4. The molecule has 0 aliphatic carbocycles. The Balaban J connectivity index is 2.34. The topological polar surface area (TPSA) is 107 Å². The number of hydrogen-bond acceptors (Lipinski definition) is 4. The van der Waals surface area contributed by atoms with Gasteiger partial charge in [-0.25, -0.2) is 15.6 Å². The van der Waals surface area contributed by atoms with Crippen molar-refractivity contribution in [1.29, 1.82) is 0 Å². The van der Waals surface area contributed by atoms with Gasteiger partial charge in [-0.15, -0.1) is 0 Å². The van der Waals surface area contributed by atoms with Crippen molar-refractivity contribution in [3.63, 3.8) is 0 Å². The lowest BCUT2D eigenvalue weighted by molar-refractivity contribution is -0.381. The first-order valence-corrected chi connectivity index (χ1v) is 6.31. The number of carboxylic acids is 1. The number of carboxylic acid groups (broad SMARTS) is 1. The maximum absolute atomic E-state index is 11.0. The summed E-state index contributed by atoms with van der Waals surface area (Å²) in [5.41, 5.74) is 8.74. The second-order valence-electron chi connectivity index (χ2n) is 4.57. The van der Waals surface area contributed by atoms with Crippen LogP contribution in [0, 0.1) is 6.92 Å². The standard InChI is InChI=1S/C15H16N4O2/c1-10-5-6-11(15(20)21)8-14(10)19(17)9-12(16)13-4-2-3-7-18-13/h2-9H,16-17H2,1H3,(H,20,21)/p+1. The van der Waals surface area contributed by atoms with Gasteiger partial charge in [-0.3, -0.25) is 5.01 Å². The van der Waals surface area contributed by atoms with Crippen molar-refractivity contribution in [3.05, 3.63) is 65.6 Å². The molecule has 0 saturated heterocycles. The van der Waals surface area contributed by atoms with Gasteiger partial charge in [-0.05, 0) is 30.7 Å². The molecule has 6 nitrogen and oxygen atoms in total. The summed E-state index contributed by atoms with van der Waals surface area (Å²) in [6, 6.07) is 10.3. The monoisotopic (exact) mass is 285 g/mol. The van der Waals surface area contributed by atoms with Crippen LogP contribution in [0.15, 0.2) is 48.8 Å². The van der Waals surface area contributed by atoms with E-state index in [1.54, 1.807) is 18.5 Å². The Morgan fingerprint density at radius 1 is 1.33 bits per heavy atom. The van der Waals surface area contributed by atoms with Crippen molar-refractivity contribution >= 4 is 17.4 Å². The molecule has 0 spiro atoms. The fourth-order valence-electron chi connectivity index (χ4n) is 1.88. The molecule has 0 aliphatic rings. The number of benzene rings is 1. The second-order valence-corrected chi connectivity index (χ2v) is 4.57. The second kappa shape index (κ2) is 6.06. The molecule has 21 heavy (non-hydrogen) atoms. The maximum Gasteiger partial charge on any atom is 0.335 e. The molecule has 108 valence electrons. The lowest BCUT2D eigenvalue weighted by Gasteiger charge is -2.17. The number of nitrogens with one attached hydrogen (secondary N) is 1. The minimum Gasteiger partial charge on any atom is -0.478 e. The van der Waals surface area contributed by atoms with Crippen molar-refractivity contribution in [2.75, 3.05) is 5.01 Å². The number of H-pyrrole nitrogens is 1. The van der Waals surface area contributed by atoms with E-state index in [4.69, 9.17) is 16.7 Å². The minimum absolute atomic E-state index is 0.171. The van der Waals surface area contributed by atoms with Crippen LogP contribution in [0.1, 0.15) is 21.6 Å². The summed E-state index contributed by atoms with van der Waals surface area (Å²) >= 11 is 0. The Labute approximate surface area is 122 Å². The quantitative estimate of drug-likeness (QED) is 0.577. The zero-order valence-corrected chi connectivity index (χ0v) is 11.6. The molecule has 0 unspecified atom stereocenters. The highest BCUT2D eigenvalue weighted by atomic mass is 16.4. The summed E-state index contributed by atoms with van der Waals surface area (Å²) in [5, 5.41) is 10.4. The highest BCUT2D eigenvalue weighted by Crippen LogP contribution is 2.20. The van der Waals surface area contributed by atoms with Gasteiger partial charge in [0.05, 0.1) is 17.5 Å². The van der Waals surface area contributed by atoms with Crippen molar-refractivity contribution in [2.45, 2.75) is 6.92 Å². The third-order valence-electron chi connectivity index (χ3n) is 3.03. The third-order valence-corrected chi connectivity index (χ3v) is 3.03. The van der Waals surface area contributed by atoms with Gasteiger partial charge in [0.2, 0.25) is 5.69 Å². The third kappa shape index (κ3) is 3.37. The van der Waals surface area contributed by atoms with Gasteiger partial charge in [0.25, 0.3) is 0 Å². The van der Waals surface area contributed by atoms with E-state index >= 15 is 0 Å². The normalized spacial score (nSPS) is 11.2. The Kier molecular flexibility index (Phi) is 4.20. The van der Waals surface area contributed by atoms with Gasteiger partial charge in [-0.1, -0.05) is 6.07 Å². The number of pyridine rings is 1. The van der Waals surface area contributed by atoms with Gasteiger partial charge in [0.1, 0.15) is 5.70 Å². The van der Waals surface area contributed by atoms with Crippen LogP contribution < -0.4 is 21.6 Å². The van der Waals surface area contributed by atoms with E-state index in [0.29, 0.717) is 11.4 Å². The molecule has 0 aliphatic heterocycles. The lowest BCUT2D eigenvalue weighted by Crippen LogP contribution is -2.27. The molecule has 0 radical (unpaired) electrons. The van der Waals surface area contributed by atoms with Crippen molar-refractivity contribution in [3.8, 4) is 0 Å². The zero-order valence-electron chi connectivity index (χ0n) is 11.6. The Morgan fingerprint density at radius 2 is 2.10 bits per heavy atom. The molecule has 0 bridgehead atoms. The van der Waals surface area contributed by atoms with Gasteiger partial charge >= 0.3 is 5.97 Å². The Morgan fingerprint density at radius 3 is 2.71 bits per heavy atom. The molecule has 6 heteroatoms. The highest BCUT2D eigenvalue weighted by Gasteiger charge is 2.11. The number of hydrazine groups is 1. The van der Waals surface area contributed by atoms with Gasteiger partial charge in [-0.2, -0.15) is 0 Å². The van der Waals surface area contributed by atoms with E-state index in [-0.39, 0.29) is 5.56 Å². The highest BCUT2D eigenvalue weighted by molar-refractivity contribution is 5.89. The van der Waals surface area contributed by atoms with Crippen LogP contribution in [0.5, 0.6) is 0 Å². The first-order valence-electron chi connectivity index (χ1n) is 6.31. The molecule has 0 saturated carbocycles. The average molecular weight is 285 g/mol. The first kappa shape index (κ1) is 14.5. The van der Waals surface area contributed by atoms with E-state index in [1.807, 2.05) is 25.1 Å². The summed E-state index contributed by atoms with van der Waals surface area (Å²) in [6.07, 6.45) is 3.30. The van der Waals surface area contributed by atoms with E-state index in [9.17, 15) is 4.79 Å². The summed E-state index contributed by atoms with van der Waals surface area (Å²) in [6.45, 7) is 1.85. The number of carbonyl (C=O) groups is 1. The van der Waals surface area contributed by atoms with Crippen LogP contribution in [0.2, 0.25) is 0 Å². The molecule has 1 heterocycles. The minimum atomic E-state index is -1.00. The van der Waals surface area contributed by atoms with Crippen LogP contribution in [0.4, 0.5) is 5.69 Å². The molecule has 0 atom stereocenters.